The first-order chi connectivity index (χ1) is 13.1. The zero-order valence-electron chi connectivity index (χ0n) is 15.1. The Morgan fingerprint density at radius 2 is 1.70 bits per heavy atom. The number of rotatable bonds is 3. The Morgan fingerprint density at radius 3 is 2.44 bits per heavy atom. The molecule has 2 amide bonds. The van der Waals surface area contributed by atoms with Crippen LogP contribution in [0, 0.1) is 0 Å². The lowest BCUT2D eigenvalue weighted by molar-refractivity contribution is 0.0664. The smallest absolute Gasteiger partial charge is 0.255 e. The number of hydrogen-bond acceptors (Lipinski definition) is 4. The second kappa shape index (κ2) is 7.20. The fourth-order valence-corrected chi connectivity index (χ4v) is 3.17. The van der Waals surface area contributed by atoms with E-state index in [1.807, 2.05) is 4.90 Å². The van der Waals surface area contributed by atoms with Gasteiger partial charge in [-0.25, -0.2) is 4.98 Å². The number of benzene rings is 2. The first-order valence-electron chi connectivity index (χ1n) is 8.92. The van der Waals surface area contributed by atoms with Gasteiger partial charge in [-0.1, -0.05) is 0 Å². The number of H-pyrrole nitrogens is 1. The molecule has 4 rings (SSSR count). The van der Waals surface area contributed by atoms with E-state index in [1.54, 1.807) is 48.8 Å². The molecule has 0 atom stereocenters. The summed E-state index contributed by atoms with van der Waals surface area (Å²) in [6.45, 7) is 3.26. The molecule has 3 aromatic rings. The fraction of sp³-hybridized carbons (Fsp3) is 0.250. The molecule has 1 aliphatic rings. The molecule has 27 heavy (non-hydrogen) atoms. The highest BCUT2D eigenvalue weighted by Crippen LogP contribution is 2.16. The molecule has 1 saturated heterocycles. The second-order valence-electron chi connectivity index (χ2n) is 6.76. The van der Waals surface area contributed by atoms with Crippen molar-refractivity contribution in [1.29, 1.82) is 0 Å². The van der Waals surface area contributed by atoms with Crippen molar-refractivity contribution >= 4 is 28.5 Å². The number of aromatic nitrogens is 2. The van der Waals surface area contributed by atoms with E-state index in [0.29, 0.717) is 16.8 Å². The van der Waals surface area contributed by atoms with Gasteiger partial charge in [-0.2, -0.15) is 0 Å². The number of carbonyl (C=O) groups is 2. The molecular weight excluding hydrogens is 342 g/mol. The molecule has 7 heteroatoms. The van der Waals surface area contributed by atoms with Crippen LogP contribution in [0.25, 0.3) is 11.0 Å². The van der Waals surface area contributed by atoms with Gasteiger partial charge in [0, 0.05) is 43.0 Å². The van der Waals surface area contributed by atoms with E-state index in [4.69, 9.17) is 0 Å². The number of amides is 2. The van der Waals surface area contributed by atoms with Crippen LogP contribution < -0.4 is 5.32 Å². The molecule has 138 valence electrons. The van der Waals surface area contributed by atoms with Gasteiger partial charge in [0.2, 0.25) is 0 Å². The van der Waals surface area contributed by atoms with Crippen LogP contribution in [0.3, 0.4) is 0 Å². The Kier molecular flexibility index (Phi) is 4.60. The van der Waals surface area contributed by atoms with Crippen LogP contribution in [0.1, 0.15) is 20.7 Å². The topological polar surface area (TPSA) is 81.3 Å². The van der Waals surface area contributed by atoms with Gasteiger partial charge in [0.25, 0.3) is 11.8 Å². The molecule has 0 radical (unpaired) electrons. The summed E-state index contributed by atoms with van der Waals surface area (Å²) < 4.78 is 0. The summed E-state index contributed by atoms with van der Waals surface area (Å²) in [7, 11) is 2.06. The average molecular weight is 363 g/mol. The SMILES string of the molecule is CN1CCN(C(=O)c2ccc(NC(=O)c3ccc4nc[nH]c4c3)cc2)CC1. The lowest BCUT2D eigenvalue weighted by Crippen LogP contribution is -2.47. The summed E-state index contributed by atoms with van der Waals surface area (Å²) in [5, 5.41) is 2.86. The van der Waals surface area contributed by atoms with Gasteiger partial charge in [-0.3, -0.25) is 9.59 Å². The van der Waals surface area contributed by atoms with Crippen molar-refractivity contribution in [3.05, 3.63) is 59.9 Å². The van der Waals surface area contributed by atoms with Crippen LogP contribution in [0.2, 0.25) is 0 Å². The summed E-state index contributed by atoms with van der Waals surface area (Å²) in [4.78, 5) is 36.2. The van der Waals surface area contributed by atoms with Gasteiger partial charge in [-0.15, -0.1) is 0 Å². The molecule has 1 aliphatic heterocycles. The predicted octanol–water partition coefficient (Wildman–Crippen LogP) is 2.20. The summed E-state index contributed by atoms with van der Waals surface area (Å²) in [6, 6.07) is 12.3. The van der Waals surface area contributed by atoms with Gasteiger partial charge < -0.3 is 20.1 Å². The van der Waals surface area contributed by atoms with Crippen LogP contribution >= 0.6 is 0 Å². The number of fused-ring (bicyclic) bond motifs is 1. The Hall–Kier alpha value is -3.19. The maximum atomic E-state index is 12.6. The number of nitrogens with one attached hydrogen (secondary N) is 2. The quantitative estimate of drug-likeness (QED) is 0.748. The van der Waals surface area contributed by atoms with Gasteiger partial charge >= 0.3 is 0 Å². The number of anilines is 1. The van der Waals surface area contributed by atoms with Gasteiger partial charge in [-0.05, 0) is 49.5 Å². The minimum absolute atomic E-state index is 0.0330. The monoisotopic (exact) mass is 363 g/mol. The average Bonchev–Trinajstić information content (AvgIpc) is 3.16. The molecule has 0 spiro atoms. The molecule has 2 N–H and O–H groups in total. The highest BCUT2D eigenvalue weighted by molar-refractivity contribution is 6.06. The molecule has 1 aromatic heterocycles. The number of likely N-dealkylation sites (N-methyl/N-ethyl adjacent to an activating group) is 1. The molecule has 2 heterocycles. The number of imidazole rings is 1. The highest BCUT2D eigenvalue weighted by atomic mass is 16.2. The molecule has 0 saturated carbocycles. The third kappa shape index (κ3) is 3.68. The molecule has 0 unspecified atom stereocenters. The van der Waals surface area contributed by atoms with Crippen LogP contribution in [-0.2, 0) is 0 Å². The number of hydrogen-bond donors (Lipinski definition) is 2. The lowest BCUT2D eigenvalue weighted by atomic mass is 10.1. The van der Waals surface area contributed by atoms with E-state index < -0.39 is 0 Å². The normalized spacial score (nSPS) is 15.1. The number of carbonyl (C=O) groups excluding carboxylic acids is 2. The lowest BCUT2D eigenvalue weighted by Gasteiger charge is -2.32. The summed E-state index contributed by atoms with van der Waals surface area (Å²) in [5.74, 6) is -0.171. The van der Waals surface area contributed by atoms with E-state index in [2.05, 4.69) is 27.2 Å². The summed E-state index contributed by atoms with van der Waals surface area (Å²) in [5.41, 5.74) is 3.47. The van der Waals surface area contributed by atoms with Crippen LogP contribution in [0.5, 0.6) is 0 Å². The summed E-state index contributed by atoms with van der Waals surface area (Å²) in [6.07, 6.45) is 1.60. The van der Waals surface area contributed by atoms with Crippen molar-refractivity contribution in [2.45, 2.75) is 0 Å². The zero-order chi connectivity index (χ0) is 18.8. The molecule has 0 aliphatic carbocycles. The molecule has 2 aromatic carbocycles. The van der Waals surface area contributed by atoms with E-state index in [9.17, 15) is 9.59 Å². The van der Waals surface area contributed by atoms with E-state index >= 15 is 0 Å². The molecule has 7 nitrogen and oxygen atoms in total. The maximum absolute atomic E-state index is 12.6. The largest absolute Gasteiger partial charge is 0.345 e. The van der Waals surface area contributed by atoms with Crippen molar-refractivity contribution in [3.8, 4) is 0 Å². The van der Waals surface area contributed by atoms with E-state index in [1.165, 1.54) is 0 Å². The van der Waals surface area contributed by atoms with E-state index in [0.717, 1.165) is 37.2 Å². The molecule has 0 bridgehead atoms. The Labute approximate surface area is 157 Å². The zero-order valence-corrected chi connectivity index (χ0v) is 15.1. The maximum Gasteiger partial charge on any atom is 0.255 e. The van der Waals surface area contributed by atoms with Gasteiger partial charge in [0.15, 0.2) is 0 Å². The third-order valence-corrected chi connectivity index (χ3v) is 4.86. The van der Waals surface area contributed by atoms with Crippen molar-refractivity contribution in [2.75, 3.05) is 38.5 Å². The highest BCUT2D eigenvalue weighted by Gasteiger charge is 2.20. The molecular formula is C20H21N5O2. The van der Waals surface area contributed by atoms with Crippen molar-refractivity contribution in [3.63, 3.8) is 0 Å². The molecule has 1 fully saturated rings. The van der Waals surface area contributed by atoms with Crippen molar-refractivity contribution in [1.82, 2.24) is 19.8 Å². The number of nitrogens with zero attached hydrogens (tertiary/aromatic N) is 3. The predicted molar refractivity (Wildman–Crippen MR) is 104 cm³/mol. The van der Waals surface area contributed by atoms with Gasteiger partial charge in [0.1, 0.15) is 0 Å². The van der Waals surface area contributed by atoms with Crippen molar-refractivity contribution in [2.24, 2.45) is 0 Å². The van der Waals surface area contributed by atoms with Crippen LogP contribution in [-0.4, -0.2) is 64.8 Å². The Bertz CT molecular complexity index is 971. The third-order valence-electron chi connectivity index (χ3n) is 4.86. The Balaban J connectivity index is 1.42. The van der Waals surface area contributed by atoms with Crippen LogP contribution in [0.4, 0.5) is 5.69 Å². The standard InChI is InChI=1S/C20H21N5O2/c1-24-8-10-25(11-9-24)20(27)14-2-5-16(6-3-14)23-19(26)15-4-7-17-18(12-15)22-13-21-17/h2-7,12-13H,8-11H2,1H3,(H,21,22)(H,23,26). The minimum atomic E-state index is -0.204. The number of aromatic amines is 1. The second-order valence-corrected chi connectivity index (χ2v) is 6.76. The number of piperazine rings is 1. The first kappa shape index (κ1) is 17.2. The minimum Gasteiger partial charge on any atom is -0.345 e. The van der Waals surface area contributed by atoms with E-state index in [-0.39, 0.29) is 11.8 Å². The van der Waals surface area contributed by atoms with Crippen LogP contribution in [0.15, 0.2) is 48.8 Å². The Morgan fingerprint density at radius 1 is 1.00 bits per heavy atom. The van der Waals surface area contributed by atoms with Crippen molar-refractivity contribution < 1.29 is 9.59 Å². The summed E-state index contributed by atoms with van der Waals surface area (Å²) >= 11 is 0. The van der Waals surface area contributed by atoms with Gasteiger partial charge in [0.05, 0.1) is 17.4 Å². The fourth-order valence-electron chi connectivity index (χ4n) is 3.17. The first-order valence-corrected chi connectivity index (χ1v) is 8.92.